The molecule has 0 heterocycles. The first-order valence-corrected chi connectivity index (χ1v) is 10.5. The summed E-state index contributed by atoms with van der Waals surface area (Å²) in [5.41, 5.74) is 2.64. The predicted molar refractivity (Wildman–Crippen MR) is 101 cm³/mol. The van der Waals surface area contributed by atoms with Crippen LogP contribution in [0.4, 0.5) is 5.69 Å². The number of benzene rings is 1. The van der Waals surface area contributed by atoms with Crippen molar-refractivity contribution < 1.29 is 8.42 Å². The Hall–Kier alpha value is -1.03. The van der Waals surface area contributed by atoms with E-state index in [1.165, 1.54) is 30.5 Å². The summed E-state index contributed by atoms with van der Waals surface area (Å²) in [5.74, 6) is 0.350. The number of rotatable bonds is 11. The van der Waals surface area contributed by atoms with Gasteiger partial charge in [-0.25, -0.2) is 8.42 Å². The summed E-state index contributed by atoms with van der Waals surface area (Å²) in [6.07, 6.45) is 7.77. The molecule has 1 rings (SSSR count). The Morgan fingerprint density at radius 3 is 1.91 bits per heavy atom. The van der Waals surface area contributed by atoms with Gasteiger partial charge in [-0.1, -0.05) is 37.8 Å². The molecule has 0 aliphatic rings. The minimum atomic E-state index is -2.84. The minimum absolute atomic E-state index is 0.235. The molecule has 1 aromatic rings. The molecule has 0 atom stereocenters. The molecule has 4 heteroatoms. The zero-order valence-corrected chi connectivity index (χ0v) is 16.0. The quantitative estimate of drug-likeness (QED) is 0.559. The Kier molecular flexibility index (Phi) is 8.67. The van der Waals surface area contributed by atoms with Crippen molar-refractivity contribution >= 4 is 15.5 Å². The van der Waals surface area contributed by atoms with Gasteiger partial charge in [-0.2, -0.15) is 0 Å². The van der Waals surface area contributed by atoms with E-state index in [2.05, 4.69) is 43.3 Å². The van der Waals surface area contributed by atoms with Gasteiger partial charge in [0, 0.05) is 19.8 Å². The van der Waals surface area contributed by atoms with E-state index in [0.717, 1.165) is 25.7 Å². The standard InChI is InChI=1S/C19H33NO2S/c1-17(2)23(21,22)16-10-8-6-5-7-9-11-18-12-14-19(15-13-18)20(3)4/h12-15,17H,5-11,16H2,1-4H3. The van der Waals surface area contributed by atoms with Crippen molar-refractivity contribution in [3.05, 3.63) is 29.8 Å². The van der Waals surface area contributed by atoms with Gasteiger partial charge in [0.2, 0.25) is 0 Å². The molecule has 1 aromatic carbocycles. The smallest absolute Gasteiger partial charge is 0.152 e. The Bertz CT molecular complexity index is 533. The van der Waals surface area contributed by atoms with E-state index < -0.39 is 9.84 Å². The highest BCUT2D eigenvalue weighted by atomic mass is 32.2. The van der Waals surface area contributed by atoms with Crippen molar-refractivity contribution in [2.75, 3.05) is 24.7 Å². The van der Waals surface area contributed by atoms with E-state index in [1.807, 2.05) is 0 Å². The molecule has 23 heavy (non-hydrogen) atoms. The van der Waals surface area contributed by atoms with Crippen molar-refractivity contribution in [3.63, 3.8) is 0 Å². The Labute approximate surface area is 143 Å². The lowest BCUT2D eigenvalue weighted by Gasteiger charge is -2.12. The summed E-state index contributed by atoms with van der Waals surface area (Å²) in [7, 11) is 1.27. The first kappa shape index (κ1) is 20.0. The van der Waals surface area contributed by atoms with E-state index in [-0.39, 0.29) is 5.25 Å². The summed E-state index contributed by atoms with van der Waals surface area (Å²) < 4.78 is 23.4. The zero-order valence-electron chi connectivity index (χ0n) is 15.2. The third-order valence-electron chi connectivity index (χ3n) is 4.32. The summed E-state index contributed by atoms with van der Waals surface area (Å²) in [5, 5.41) is -0.235. The van der Waals surface area contributed by atoms with Crippen molar-refractivity contribution in [2.24, 2.45) is 0 Å². The topological polar surface area (TPSA) is 37.4 Å². The van der Waals surface area contributed by atoms with Gasteiger partial charge in [-0.05, 0) is 50.8 Å². The van der Waals surface area contributed by atoms with E-state index >= 15 is 0 Å². The van der Waals surface area contributed by atoms with Crippen LogP contribution < -0.4 is 4.90 Å². The van der Waals surface area contributed by atoms with Gasteiger partial charge in [0.1, 0.15) is 0 Å². The summed E-state index contributed by atoms with van der Waals surface area (Å²) in [6.45, 7) is 3.53. The van der Waals surface area contributed by atoms with Crippen LogP contribution in [0.1, 0.15) is 57.9 Å². The minimum Gasteiger partial charge on any atom is -0.378 e. The highest BCUT2D eigenvalue weighted by Crippen LogP contribution is 2.15. The second-order valence-electron chi connectivity index (χ2n) is 6.85. The fourth-order valence-electron chi connectivity index (χ4n) is 2.54. The normalized spacial score (nSPS) is 11.9. The maximum absolute atomic E-state index is 11.7. The first-order chi connectivity index (χ1) is 10.8. The SMILES string of the molecule is CC(C)S(=O)(=O)CCCCCCCCc1ccc(N(C)C)cc1. The van der Waals surface area contributed by atoms with Crippen LogP contribution in [0.5, 0.6) is 0 Å². The molecule has 0 bridgehead atoms. The number of unbranched alkanes of at least 4 members (excludes halogenated alkanes) is 5. The first-order valence-electron chi connectivity index (χ1n) is 8.81. The van der Waals surface area contributed by atoms with Crippen LogP contribution in [0.2, 0.25) is 0 Å². The highest BCUT2D eigenvalue weighted by molar-refractivity contribution is 7.91. The fourth-order valence-corrected chi connectivity index (χ4v) is 3.61. The fraction of sp³-hybridized carbons (Fsp3) is 0.684. The van der Waals surface area contributed by atoms with Gasteiger partial charge in [0.25, 0.3) is 0 Å². The molecule has 132 valence electrons. The van der Waals surface area contributed by atoms with Gasteiger partial charge >= 0.3 is 0 Å². The number of anilines is 1. The molecule has 0 unspecified atom stereocenters. The van der Waals surface area contributed by atoms with Gasteiger partial charge in [0.05, 0.1) is 11.0 Å². The van der Waals surface area contributed by atoms with Crippen LogP contribution in [0.3, 0.4) is 0 Å². The largest absolute Gasteiger partial charge is 0.378 e. The average Bonchev–Trinajstić information content (AvgIpc) is 2.50. The van der Waals surface area contributed by atoms with Crippen LogP contribution in [0, 0.1) is 0 Å². The molecule has 0 saturated heterocycles. The number of sulfone groups is 1. The second kappa shape index (κ2) is 9.96. The third-order valence-corrected chi connectivity index (χ3v) is 6.61. The van der Waals surface area contributed by atoms with Crippen LogP contribution in [0.15, 0.2) is 24.3 Å². The van der Waals surface area contributed by atoms with Crippen molar-refractivity contribution in [1.29, 1.82) is 0 Å². The van der Waals surface area contributed by atoms with E-state index in [9.17, 15) is 8.42 Å². The monoisotopic (exact) mass is 339 g/mol. The predicted octanol–water partition coefficient (Wildman–Crippen LogP) is 4.46. The molecule has 3 nitrogen and oxygen atoms in total. The number of hydrogen-bond donors (Lipinski definition) is 0. The Morgan fingerprint density at radius 1 is 0.870 bits per heavy atom. The molecular weight excluding hydrogens is 306 g/mol. The van der Waals surface area contributed by atoms with Crippen LogP contribution in [-0.4, -0.2) is 33.5 Å². The molecule has 0 spiro atoms. The van der Waals surface area contributed by atoms with Gasteiger partial charge in [-0.15, -0.1) is 0 Å². The average molecular weight is 340 g/mol. The second-order valence-corrected chi connectivity index (χ2v) is 9.52. The number of nitrogens with zero attached hydrogens (tertiary/aromatic N) is 1. The maximum atomic E-state index is 11.7. The molecular formula is C19H33NO2S. The number of aryl methyl sites for hydroxylation is 1. The molecule has 0 aromatic heterocycles. The molecule has 0 amide bonds. The van der Waals surface area contributed by atoms with E-state index in [0.29, 0.717) is 5.75 Å². The van der Waals surface area contributed by atoms with Gasteiger partial charge in [0.15, 0.2) is 9.84 Å². The molecule has 0 aliphatic heterocycles. The Balaban J connectivity index is 2.07. The Morgan fingerprint density at radius 2 is 1.39 bits per heavy atom. The molecule has 0 aliphatic carbocycles. The molecule has 0 N–H and O–H groups in total. The lowest BCUT2D eigenvalue weighted by Crippen LogP contribution is -2.17. The highest BCUT2D eigenvalue weighted by Gasteiger charge is 2.14. The van der Waals surface area contributed by atoms with Gasteiger partial charge in [-0.3, -0.25) is 0 Å². The lowest BCUT2D eigenvalue weighted by molar-refractivity contribution is 0.574. The van der Waals surface area contributed by atoms with Crippen molar-refractivity contribution in [1.82, 2.24) is 0 Å². The zero-order chi connectivity index (χ0) is 17.3. The third kappa shape index (κ3) is 7.87. The lowest BCUT2D eigenvalue weighted by atomic mass is 10.0. The van der Waals surface area contributed by atoms with Crippen LogP contribution >= 0.6 is 0 Å². The molecule has 0 fully saturated rings. The van der Waals surface area contributed by atoms with Gasteiger partial charge < -0.3 is 4.90 Å². The summed E-state index contributed by atoms with van der Waals surface area (Å²) in [4.78, 5) is 2.11. The molecule has 0 saturated carbocycles. The van der Waals surface area contributed by atoms with Crippen molar-refractivity contribution in [3.8, 4) is 0 Å². The van der Waals surface area contributed by atoms with E-state index in [1.54, 1.807) is 13.8 Å². The molecule has 0 radical (unpaired) electrons. The van der Waals surface area contributed by atoms with Crippen LogP contribution in [0.25, 0.3) is 0 Å². The van der Waals surface area contributed by atoms with Crippen LogP contribution in [-0.2, 0) is 16.3 Å². The number of hydrogen-bond acceptors (Lipinski definition) is 3. The van der Waals surface area contributed by atoms with E-state index in [4.69, 9.17) is 0 Å². The summed E-state index contributed by atoms with van der Waals surface area (Å²) >= 11 is 0. The summed E-state index contributed by atoms with van der Waals surface area (Å²) in [6, 6.07) is 8.77. The maximum Gasteiger partial charge on any atom is 0.152 e. The van der Waals surface area contributed by atoms with Crippen molar-refractivity contribution in [2.45, 2.75) is 64.0 Å².